The van der Waals surface area contributed by atoms with Crippen molar-refractivity contribution in [2.45, 2.75) is 0 Å². The molecule has 3 heterocycles. The molecule has 0 saturated heterocycles. The van der Waals surface area contributed by atoms with Crippen molar-refractivity contribution >= 4 is 43.4 Å². The van der Waals surface area contributed by atoms with Crippen LogP contribution >= 0.6 is 0 Å². The second-order valence-electron chi connectivity index (χ2n) is 12.9. The van der Waals surface area contributed by atoms with E-state index in [4.69, 9.17) is 15.0 Å². The minimum absolute atomic E-state index is 0.618. The van der Waals surface area contributed by atoms with Crippen molar-refractivity contribution in [3.63, 3.8) is 0 Å². The van der Waals surface area contributed by atoms with Crippen molar-refractivity contribution in [1.82, 2.24) is 24.9 Å². The lowest BCUT2D eigenvalue weighted by Crippen LogP contribution is -2.01. The molecular weight excluding hydrogens is 635 g/mol. The Balaban J connectivity index is 1.13. The Morgan fingerprint density at radius 3 is 1.27 bits per heavy atom. The SMILES string of the molecule is c1ccc2c(c1)cc(-c1nc(-c3ccc(-c4ccnc5ccccc45)cc3)nc(-c3ccc(-c4ccnc5ccccc45)cc3)n1)c1ccccc12. The predicted octanol–water partition coefficient (Wildman–Crippen LogP) is 11.6. The van der Waals surface area contributed by atoms with Crippen LogP contribution in [0.25, 0.3) is 99.8 Å². The Kier molecular flexibility index (Phi) is 7.07. The van der Waals surface area contributed by atoms with Gasteiger partial charge in [-0.15, -0.1) is 0 Å². The Morgan fingerprint density at radius 1 is 0.288 bits per heavy atom. The lowest BCUT2D eigenvalue weighted by atomic mass is 9.96. The number of fused-ring (bicyclic) bond motifs is 5. The summed E-state index contributed by atoms with van der Waals surface area (Å²) in [6.45, 7) is 0. The van der Waals surface area contributed by atoms with Crippen LogP contribution in [0, 0.1) is 0 Å². The van der Waals surface area contributed by atoms with E-state index in [-0.39, 0.29) is 0 Å². The highest BCUT2D eigenvalue weighted by Gasteiger charge is 2.17. The van der Waals surface area contributed by atoms with Crippen LogP contribution in [0.5, 0.6) is 0 Å². The second-order valence-corrected chi connectivity index (χ2v) is 12.9. The molecule has 0 radical (unpaired) electrons. The molecule has 3 aromatic heterocycles. The summed E-state index contributed by atoms with van der Waals surface area (Å²) in [5.74, 6) is 1.87. The van der Waals surface area contributed by atoms with Crippen LogP contribution < -0.4 is 0 Å². The fourth-order valence-corrected chi connectivity index (χ4v) is 7.29. The maximum atomic E-state index is 5.17. The molecule has 0 amide bonds. The number of hydrogen-bond acceptors (Lipinski definition) is 5. The molecule has 10 rings (SSSR count). The van der Waals surface area contributed by atoms with Crippen molar-refractivity contribution in [3.05, 3.63) is 176 Å². The molecule has 0 N–H and O–H groups in total. The standard InChI is InChI=1S/C47H29N5/c1-2-10-35-34(9-1)29-42(39-12-4-3-11-38(35)39)47-51-45(32-21-17-30(18-22-32)36-25-27-48-43-15-7-5-13-40(36)43)50-46(52-47)33-23-19-31(20-24-33)37-26-28-49-44-16-8-6-14-41(37)44/h1-29H. The van der Waals surface area contributed by atoms with Gasteiger partial charge in [-0.1, -0.05) is 133 Å². The van der Waals surface area contributed by atoms with E-state index in [2.05, 4.69) is 149 Å². The number of hydrogen-bond donors (Lipinski definition) is 0. The van der Waals surface area contributed by atoms with Gasteiger partial charge in [-0.3, -0.25) is 9.97 Å². The largest absolute Gasteiger partial charge is 0.256 e. The maximum absolute atomic E-state index is 5.17. The Hall–Kier alpha value is -7.11. The number of pyridine rings is 2. The van der Waals surface area contributed by atoms with E-state index < -0.39 is 0 Å². The van der Waals surface area contributed by atoms with Gasteiger partial charge in [0.05, 0.1) is 11.0 Å². The molecule has 5 heteroatoms. The molecule has 0 aliphatic heterocycles. The molecule has 0 saturated carbocycles. The molecule has 0 fully saturated rings. The van der Waals surface area contributed by atoms with Gasteiger partial charge in [0.15, 0.2) is 17.5 Å². The monoisotopic (exact) mass is 663 g/mol. The van der Waals surface area contributed by atoms with Gasteiger partial charge in [0.1, 0.15) is 0 Å². The highest BCUT2D eigenvalue weighted by molar-refractivity contribution is 6.13. The summed E-state index contributed by atoms with van der Waals surface area (Å²) in [6.07, 6.45) is 3.73. The van der Waals surface area contributed by atoms with Gasteiger partial charge in [-0.2, -0.15) is 0 Å². The first-order valence-corrected chi connectivity index (χ1v) is 17.3. The van der Waals surface area contributed by atoms with E-state index in [1.807, 2.05) is 36.7 Å². The van der Waals surface area contributed by atoms with Gasteiger partial charge in [-0.25, -0.2) is 15.0 Å². The maximum Gasteiger partial charge on any atom is 0.164 e. The Labute approximate surface area is 300 Å². The topological polar surface area (TPSA) is 64.5 Å². The summed E-state index contributed by atoms with van der Waals surface area (Å²) >= 11 is 0. The average Bonchev–Trinajstić information content (AvgIpc) is 3.23. The predicted molar refractivity (Wildman–Crippen MR) is 213 cm³/mol. The molecule has 10 aromatic rings. The molecule has 5 nitrogen and oxygen atoms in total. The number of nitrogens with zero attached hydrogens (tertiary/aromatic N) is 5. The normalized spacial score (nSPS) is 11.5. The van der Waals surface area contributed by atoms with Gasteiger partial charge in [-0.05, 0) is 74.1 Å². The third-order valence-electron chi connectivity index (χ3n) is 9.85. The third-order valence-corrected chi connectivity index (χ3v) is 9.85. The van der Waals surface area contributed by atoms with E-state index in [0.717, 1.165) is 71.5 Å². The quantitative estimate of drug-likeness (QED) is 0.171. The van der Waals surface area contributed by atoms with E-state index >= 15 is 0 Å². The van der Waals surface area contributed by atoms with Crippen LogP contribution in [0.3, 0.4) is 0 Å². The van der Waals surface area contributed by atoms with Crippen LogP contribution in [-0.2, 0) is 0 Å². The molecule has 242 valence electrons. The third kappa shape index (κ3) is 5.15. The number of para-hydroxylation sites is 2. The van der Waals surface area contributed by atoms with Gasteiger partial charge in [0.25, 0.3) is 0 Å². The molecule has 0 aliphatic rings. The molecule has 0 atom stereocenters. The summed E-state index contributed by atoms with van der Waals surface area (Å²) in [5, 5.41) is 6.85. The highest BCUT2D eigenvalue weighted by atomic mass is 15.0. The van der Waals surface area contributed by atoms with Gasteiger partial charge in [0.2, 0.25) is 0 Å². The number of benzene rings is 7. The summed E-state index contributed by atoms with van der Waals surface area (Å²) in [7, 11) is 0. The van der Waals surface area contributed by atoms with E-state index in [9.17, 15) is 0 Å². The van der Waals surface area contributed by atoms with Crippen molar-refractivity contribution < 1.29 is 0 Å². The molecule has 0 aliphatic carbocycles. The lowest BCUT2D eigenvalue weighted by Gasteiger charge is -2.13. The van der Waals surface area contributed by atoms with E-state index in [0.29, 0.717) is 17.5 Å². The zero-order chi connectivity index (χ0) is 34.4. The summed E-state index contributed by atoms with van der Waals surface area (Å²) in [6, 6.07) is 56.7. The zero-order valence-corrected chi connectivity index (χ0v) is 28.0. The summed E-state index contributed by atoms with van der Waals surface area (Å²) in [5.41, 5.74) is 9.24. The van der Waals surface area contributed by atoms with Gasteiger partial charge in [0, 0.05) is 39.9 Å². The van der Waals surface area contributed by atoms with Crippen LogP contribution in [0.15, 0.2) is 176 Å². The van der Waals surface area contributed by atoms with Gasteiger partial charge < -0.3 is 0 Å². The highest BCUT2D eigenvalue weighted by Crippen LogP contribution is 2.36. The molecule has 0 spiro atoms. The average molecular weight is 664 g/mol. The molecule has 0 unspecified atom stereocenters. The minimum atomic E-state index is 0.618. The zero-order valence-electron chi connectivity index (χ0n) is 28.0. The van der Waals surface area contributed by atoms with Crippen molar-refractivity contribution in [2.24, 2.45) is 0 Å². The minimum Gasteiger partial charge on any atom is -0.256 e. The molecule has 0 bridgehead atoms. The van der Waals surface area contributed by atoms with Crippen molar-refractivity contribution in [1.29, 1.82) is 0 Å². The summed E-state index contributed by atoms with van der Waals surface area (Å²) < 4.78 is 0. The smallest absolute Gasteiger partial charge is 0.164 e. The first-order valence-electron chi connectivity index (χ1n) is 17.3. The van der Waals surface area contributed by atoms with Gasteiger partial charge >= 0.3 is 0 Å². The van der Waals surface area contributed by atoms with Crippen LogP contribution in [0.4, 0.5) is 0 Å². The number of aromatic nitrogens is 5. The Bertz CT molecular complexity index is 2800. The van der Waals surface area contributed by atoms with Crippen LogP contribution in [0.1, 0.15) is 0 Å². The molecule has 7 aromatic carbocycles. The fourth-order valence-electron chi connectivity index (χ4n) is 7.29. The summed E-state index contributed by atoms with van der Waals surface area (Å²) in [4.78, 5) is 24.6. The first-order chi connectivity index (χ1) is 25.8. The number of rotatable bonds is 5. The first kappa shape index (κ1) is 29.8. The van der Waals surface area contributed by atoms with Crippen molar-refractivity contribution in [3.8, 4) is 56.4 Å². The molecule has 52 heavy (non-hydrogen) atoms. The molecular formula is C47H29N5. The fraction of sp³-hybridized carbons (Fsp3) is 0. The van der Waals surface area contributed by atoms with Crippen LogP contribution in [0.2, 0.25) is 0 Å². The van der Waals surface area contributed by atoms with E-state index in [1.54, 1.807) is 0 Å². The van der Waals surface area contributed by atoms with E-state index in [1.165, 1.54) is 10.8 Å². The second kappa shape index (κ2) is 12.3. The van der Waals surface area contributed by atoms with Crippen molar-refractivity contribution in [2.75, 3.05) is 0 Å². The lowest BCUT2D eigenvalue weighted by molar-refractivity contribution is 1.08. The van der Waals surface area contributed by atoms with Crippen LogP contribution in [-0.4, -0.2) is 24.9 Å². The Morgan fingerprint density at radius 2 is 0.712 bits per heavy atom.